The summed E-state index contributed by atoms with van der Waals surface area (Å²) >= 11 is 0. The van der Waals surface area contributed by atoms with E-state index in [2.05, 4.69) is 13.8 Å². The van der Waals surface area contributed by atoms with E-state index in [0.717, 1.165) is 51.4 Å². The van der Waals surface area contributed by atoms with Crippen LogP contribution in [0.25, 0.3) is 0 Å². The van der Waals surface area contributed by atoms with Crippen molar-refractivity contribution >= 4 is 11.9 Å². The highest BCUT2D eigenvalue weighted by Gasteiger charge is 2.40. The molecule has 5 heterocycles. The number of carbonyl (C=O) groups is 2. The van der Waals surface area contributed by atoms with E-state index in [9.17, 15) is 50.4 Å². The van der Waals surface area contributed by atoms with Gasteiger partial charge in [0.15, 0.2) is 0 Å². The van der Waals surface area contributed by atoms with E-state index >= 15 is 0 Å². The minimum atomic E-state index is -1.21. The molecular formula is C80H136O20. The average molecular weight is 1420 g/mol. The summed E-state index contributed by atoms with van der Waals surface area (Å²) in [5.41, 5.74) is 1.39. The maximum atomic E-state index is 13.9. The number of allylic oxidation sites excluding steroid dienone is 4. The summed E-state index contributed by atoms with van der Waals surface area (Å²) in [4.78, 5) is 27.7. The third-order valence-electron chi connectivity index (χ3n) is 22.6. The van der Waals surface area contributed by atoms with Gasteiger partial charge >= 0.3 is 11.9 Å². The van der Waals surface area contributed by atoms with E-state index in [1.165, 1.54) is 12.2 Å². The molecular weight excluding hydrogens is 1280 g/mol. The molecule has 5 rings (SSSR count). The largest absolute Gasteiger partial charge is 0.459 e. The molecule has 5 aliphatic heterocycles. The van der Waals surface area contributed by atoms with Crippen LogP contribution in [0.1, 0.15) is 212 Å². The third-order valence-corrected chi connectivity index (χ3v) is 22.6. The second kappa shape index (κ2) is 44.6. The van der Waals surface area contributed by atoms with E-state index in [1.54, 1.807) is 61.4 Å². The lowest BCUT2D eigenvalue weighted by Crippen LogP contribution is -2.43. The van der Waals surface area contributed by atoms with Crippen LogP contribution in [-0.4, -0.2) is 216 Å². The normalized spacial score (nSPS) is 38.3. The maximum absolute atomic E-state index is 13.9. The quantitative estimate of drug-likeness (QED) is 0.0369. The number of hydrogen-bond donors (Lipinski definition) is 8. The number of methoxy groups -OCH3 is 4. The molecule has 5 aliphatic rings. The SMILES string of the molecule is CO[C@H]1C[C@H](CC[C@H](C)C[C@H](C)[C@@H](O)[C@@H](C)[C@H]2C[C@H](O)[C@H](C)[C@@H](OC)C[C@@H]3CC=C[C@@H](C[C@@H](O)C/C=C(C)/C=C/C(=O)O[C@@H](C[C@@H](O)[C@H](C)[C@H](O)[C@@H](C)[C@@H](O)[C@@H](C)CC[C@H]4C[C@H](OC)C[C@H](C)O4)C[C@H](O)[C@H](C)[C@@H](OC)C[C@@H]4CC=C[C@@H](C[C@@H](O)C/C=C(C)/C=C/C(=O)O2)O4)O3)O[C@@H](C)C1. The van der Waals surface area contributed by atoms with Crippen molar-refractivity contribution in [3.63, 3.8) is 0 Å². The van der Waals surface area contributed by atoms with Crippen molar-refractivity contribution in [1.29, 1.82) is 0 Å². The van der Waals surface area contributed by atoms with Gasteiger partial charge in [0.1, 0.15) is 12.2 Å². The zero-order valence-corrected chi connectivity index (χ0v) is 63.7. The number of fused-ring (bicyclic) bond motifs is 4. The summed E-state index contributed by atoms with van der Waals surface area (Å²) in [6.07, 6.45) is 16.0. The first-order valence-electron chi connectivity index (χ1n) is 38.0. The Morgan fingerprint density at radius 2 is 0.960 bits per heavy atom. The molecule has 100 heavy (non-hydrogen) atoms. The molecule has 0 unspecified atom stereocenters. The van der Waals surface area contributed by atoms with Gasteiger partial charge in [-0.25, -0.2) is 9.59 Å². The monoisotopic (exact) mass is 1420 g/mol. The van der Waals surface area contributed by atoms with Crippen LogP contribution < -0.4 is 0 Å². The van der Waals surface area contributed by atoms with E-state index in [1.807, 2.05) is 84.9 Å². The average Bonchev–Trinajstić information content (AvgIpc) is 0.863. The Morgan fingerprint density at radius 3 is 1.44 bits per heavy atom. The molecule has 0 amide bonds. The molecule has 0 aliphatic carbocycles. The Kier molecular flexibility index (Phi) is 39.0. The molecule has 0 radical (unpaired) electrons. The first-order valence-corrected chi connectivity index (χ1v) is 38.0. The summed E-state index contributed by atoms with van der Waals surface area (Å²) in [5, 5.41) is 94.0. The van der Waals surface area contributed by atoms with Gasteiger partial charge in [-0.15, -0.1) is 0 Å². The molecule has 2 fully saturated rings. The summed E-state index contributed by atoms with van der Waals surface area (Å²) in [6.45, 7) is 23.0. The van der Waals surface area contributed by atoms with E-state index in [0.29, 0.717) is 43.3 Å². The standard InChI is InChI=1S/C80H136O20/c1-47-23-29-59(81)38-62-20-18-22-64(98-62)45-74(94-16)55(9)72(85)46-75(57(11)79(89)51(5)35-49(3)25-31-65-40-67(91-13)36-52(6)95-65)100-77(87)34-27-48(2)24-30-60(82)39-61-19-17-21-63(97-61)44-73(93-15)54(8)70(83)42-69(99-76(86)33-26-47)43-71(84)56(10)80(90)58(12)78(88)50(4)28-32-66-41-68(92-14)37-53(7)96-66/h17-20,23-24,26-27,33-34,49-75,78-85,88-90H,21-22,25,28-32,35-46H2,1-16H3/b33-26+,34-27+,47-23+,48-24+/t49-,50-,51-,52-,53-,54-,55-,56-,57-,58-,59-,60-,61-,62-,63-,64-,65-,66-,67+,68+,69+,70-,71+,72-,73-,74-,75+,78-,79+,80-/m0/s1. The third kappa shape index (κ3) is 29.9. The zero-order chi connectivity index (χ0) is 73.9. The van der Waals surface area contributed by atoms with Crippen molar-refractivity contribution in [2.45, 2.75) is 346 Å². The lowest BCUT2D eigenvalue weighted by atomic mass is 9.79. The predicted molar refractivity (Wildman–Crippen MR) is 387 cm³/mol. The van der Waals surface area contributed by atoms with Crippen LogP contribution >= 0.6 is 0 Å². The van der Waals surface area contributed by atoms with Gasteiger partial charge in [0.05, 0.1) is 122 Å². The van der Waals surface area contributed by atoms with Gasteiger partial charge < -0.3 is 88.2 Å². The molecule has 0 aromatic carbocycles. The molecule has 576 valence electrons. The first kappa shape index (κ1) is 87.4. The van der Waals surface area contributed by atoms with Crippen molar-refractivity contribution in [2.75, 3.05) is 28.4 Å². The van der Waals surface area contributed by atoms with Gasteiger partial charge in [0, 0.05) is 115 Å². The predicted octanol–water partition coefficient (Wildman–Crippen LogP) is 10.9. The Morgan fingerprint density at radius 1 is 0.490 bits per heavy atom. The van der Waals surface area contributed by atoms with Crippen LogP contribution in [0.4, 0.5) is 0 Å². The molecule has 30 atom stereocenters. The number of carbonyl (C=O) groups excluding carboxylic acids is 2. The van der Waals surface area contributed by atoms with Gasteiger partial charge in [-0.3, -0.25) is 0 Å². The second-order valence-electron chi connectivity index (χ2n) is 31.2. The highest BCUT2D eigenvalue weighted by Crippen LogP contribution is 2.36. The fourth-order valence-electron chi connectivity index (χ4n) is 15.7. The Labute approximate surface area is 600 Å². The number of hydrogen-bond acceptors (Lipinski definition) is 20. The Balaban J connectivity index is 1.32. The minimum Gasteiger partial charge on any atom is -0.459 e. The van der Waals surface area contributed by atoms with Gasteiger partial charge in [0.2, 0.25) is 0 Å². The molecule has 4 bridgehead atoms. The summed E-state index contributed by atoms with van der Waals surface area (Å²) in [5.74, 6) is -4.33. The van der Waals surface area contributed by atoms with Gasteiger partial charge in [-0.2, -0.15) is 0 Å². The number of rotatable bonds is 22. The number of cyclic esters (lactones) is 2. The molecule has 8 N–H and O–H groups in total. The van der Waals surface area contributed by atoms with Gasteiger partial charge in [-0.05, 0) is 129 Å². The molecule has 20 nitrogen and oxygen atoms in total. The molecule has 0 spiro atoms. The maximum Gasteiger partial charge on any atom is 0.331 e. The number of ether oxygens (including phenoxy) is 10. The van der Waals surface area contributed by atoms with Crippen LogP contribution in [0.15, 0.2) is 71.9 Å². The Hall–Kier alpha value is -3.26. The summed E-state index contributed by atoms with van der Waals surface area (Å²) in [7, 11) is 6.63. The summed E-state index contributed by atoms with van der Waals surface area (Å²) in [6, 6.07) is 0. The number of aliphatic hydroxyl groups is 8. The van der Waals surface area contributed by atoms with Crippen LogP contribution in [0.3, 0.4) is 0 Å². The highest BCUT2D eigenvalue weighted by atomic mass is 16.6. The van der Waals surface area contributed by atoms with Crippen molar-refractivity contribution in [2.24, 2.45) is 47.3 Å². The van der Waals surface area contributed by atoms with E-state index < -0.39 is 127 Å². The first-order chi connectivity index (χ1) is 47.4. The molecule has 2 saturated heterocycles. The summed E-state index contributed by atoms with van der Waals surface area (Å²) < 4.78 is 61.2. The van der Waals surface area contributed by atoms with E-state index in [-0.39, 0.29) is 112 Å². The van der Waals surface area contributed by atoms with Crippen LogP contribution in [0, 0.1) is 47.3 Å². The smallest absolute Gasteiger partial charge is 0.331 e. The van der Waals surface area contributed by atoms with Gasteiger partial charge in [0.25, 0.3) is 0 Å². The topological polar surface area (TPSA) is 288 Å². The Bertz CT molecular complexity index is 2520. The molecule has 0 aromatic heterocycles. The van der Waals surface area contributed by atoms with Crippen LogP contribution in [0.5, 0.6) is 0 Å². The molecule has 20 heteroatoms. The van der Waals surface area contributed by atoms with Crippen LogP contribution in [0.2, 0.25) is 0 Å². The lowest BCUT2D eigenvalue weighted by Gasteiger charge is -2.36. The van der Waals surface area contributed by atoms with Crippen molar-refractivity contribution < 1.29 is 97.8 Å². The molecule has 0 saturated carbocycles. The van der Waals surface area contributed by atoms with E-state index in [4.69, 9.17) is 47.4 Å². The van der Waals surface area contributed by atoms with Crippen molar-refractivity contribution in [1.82, 2.24) is 0 Å². The van der Waals surface area contributed by atoms with Crippen molar-refractivity contribution in [3.05, 3.63) is 71.9 Å². The van der Waals surface area contributed by atoms with Gasteiger partial charge in [-0.1, -0.05) is 115 Å². The second-order valence-corrected chi connectivity index (χ2v) is 31.2. The zero-order valence-electron chi connectivity index (χ0n) is 63.7. The minimum absolute atomic E-state index is 0.0000231. The fraction of sp³-hybridized carbons (Fsp3) is 0.825. The van der Waals surface area contributed by atoms with Crippen LogP contribution in [-0.2, 0) is 57.0 Å². The van der Waals surface area contributed by atoms with Crippen molar-refractivity contribution in [3.8, 4) is 0 Å². The fourth-order valence-corrected chi connectivity index (χ4v) is 15.7. The number of esters is 2. The molecule has 0 aromatic rings. The number of aliphatic hydroxyl groups excluding tert-OH is 8. The lowest BCUT2D eigenvalue weighted by molar-refractivity contribution is -0.152. The highest BCUT2D eigenvalue weighted by molar-refractivity contribution is 5.83.